The lowest BCUT2D eigenvalue weighted by molar-refractivity contribution is -0.123. The summed E-state index contributed by atoms with van der Waals surface area (Å²) in [6, 6.07) is -0.636. The summed E-state index contributed by atoms with van der Waals surface area (Å²) in [5.74, 6) is -0.0786. The number of rotatable bonds is 33. The van der Waals surface area contributed by atoms with Crippen LogP contribution in [-0.4, -0.2) is 34.9 Å². The molecule has 0 fully saturated rings. The Bertz CT molecular complexity index is 657. The maximum Gasteiger partial charge on any atom is 0.220 e. The molecular formula is C39H73NO3. The summed E-state index contributed by atoms with van der Waals surface area (Å²) >= 11 is 0. The monoisotopic (exact) mass is 604 g/mol. The molecule has 0 aromatic carbocycles. The summed E-state index contributed by atoms with van der Waals surface area (Å²) < 4.78 is 0. The molecule has 4 nitrogen and oxygen atoms in total. The highest BCUT2D eigenvalue weighted by Gasteiger charge is 2.17. The van der Waals surface area contributed by atoms with Gasteiger partial charge in [0.1, 0.15) is 0 Å². The smallest absolute Gasteiger partial charge is 0.220 e. The first-order chi connectivity index (χ1) is 21.2. The van der Waals surface area contributed by atoms with Crippen LogP contribution in [0.4, 0.5) is 0 Å². The molecule has 0 saturated carbocycles. The Hall–Kier alpha value is -1.39. The quantitative estimate of drug-likeness (QED) is 0.0516. The first-order valence-corrected chi connectivity index (χ1v) is 18.7. The molecule has 0 unspecified atom stereocenters. The highest BCUT2D eigenvalue weighted by molar-refractivity contribution is 5.76. The van der Waals surface area contributed by atoms with E-state index >= 15 is 0 Å². The van der Waals surface area contributed by atoms with Crippen LogP contribution >= 0.6 is 0 Å². The maximum absolute atomic E-state index is 12.3. The van der Waals surface area contributed by atoms with Crippen LogP contribution in [0.3, 0.4) is 0 Å². The third kappa shape index (κ3) is 31.8. The second-order valence-electron chi connectivity index (χ2n) is 12.6. The van der Waals surface area contributed by atoms with Crippen LogP contribution in [0.25, 0.3) is 0 Å². The fourth-order valence-electron chi connectivity index (χ4n) is 5.42. The third-order valence-corrected chi connectivity index (χ3v) is 8.35. The first-order valence-electron chi connectivity index (χ1n) is 18.7. The highest BCUT2D eigenvalue weighted by atomic mass is 16.3. The summed E-state index contributed by atoms with van der Waals surface area (Å²) in [6.45, 7) is 4.26. The summed E-state index contributed by atoms with van der Waals surface area (Å²) in [7, 11) is 0. The minimum absolute atomic E-state index is 0.0786. The van der Waals surface area contributed by atoms with Gasteiger partial charge in [0, 0.05) is 6.42 Å². The Morgan fingerprint density at radius 3 is 1.35 bits per heavy atom. The van der Waals surface area contributed by atoms with E-state index in [2.05, 4.69) is 43.5 Å². The molecule has 0 aliphatic rings. The van der Waals surface area contributed by atoms with Gasteiger partial charge in [-0.1, -0.05) is 159 Å². The van der Waals surface area contributed by atoms with E-state index in [-0.39, 0.29) is 12.5 Å². The molecule has 2 atom stereocenters. The predicted molar refractivity (Wildman–Crippen MR) is 188 cm³/mol. The number of hydrogen-bond donors (Lipinski definition) is 3. The minimum Gasteiger partial charge on any atom is -0.394 e. The number of hydrogen-bond acceptors (Lipinski definition) is 3. The Labute approximate surface area is 268 Å². The number of aliphatic hydroxyl groups is 2. The minimum atomic E-state index is -0.859. The van der Waals surface area contributed by atoms with Crippen LogP contribution < -0.4 is 5.32 Å². The van der Waals surface area contributed by atoms with E-state index in [4.69, 9.17) is 0 Å². The van der Waals surface area contributed by atoms with Gasteiger partial charge in [-0.05, 0) is 57.8 Å². The van der Waals surface area contributed by atoms with E-state index in [1.54, 1.807) is 6.08 Å². The molecule has 0 bridgehead atoms. The molecule has 0 saturated heterocycles. The van der Waals surface area contributed by atoms with Crippen LogP contribution in [0.15, 0.2) is 36.5 Å². The standard InChI is InChI=1S/C39H73NO3/c1-3-5-7-9-11-13-15-17-18-19-20-21-22-23-25-27-29-31-33-35-39(43)40-37(36-41)38(42)34-32-30-28-26-24-16-14-12-10-8-6-4-2/h17-18,24,26,32,34,37-38,41-42H,3-16,19-23,25,27-31,33,35-36H2,1-2H3,(H,40,43)/b18-17+,26-24+,34-32+/t37-,38+/m0/s1. The van der Waals surface area contributed by atoms with Crippen molar-refractivity contribution in [2.75, 3.05) is 6.61 Å². The van der Waals surface area contributed by atoms with Crippen molar-refractivity contribution in [1.82, 2.24) is 5.32 Å². The number of nitrogens with one attached hydrogen (secondary N) is 1. The molecule has 0 heterocycles. The second-order valence-corrected chi connectivity index (χ2v) is 12.6. The van der Waals surface area contributed by atoms with Gasteiger partial charge in [0.25, 0.3) is 0 Å². The molecular weight excluding hydrogens is 530 g/mol. The van der Waals surface area contributed by atoms with Crippen molar-refractivity contribution >= 4 is 5.91 Å². The van der Waals surface area contributed by atoms with Crippen LogP contribution in [0.1, 0.15) is 187 Å². The molecule has 0 aliphatic heterocycles. The zero-order valence-electron chi connectivity index (χ0n) is 28.7. The maximum atomic E-state index is 12.3. The van der Waals surface area contributed by atoms with Crippen molar-refractivity contribution in [3.05, 3.63) is 36.5 Å². The Morgan fingerprint density at radius 2 is 0.907 bits per heavy atom. The summed E-state index contributed by atoms with van der Waals surface area (Å²) in [5, 5.41) is 22.8. The Morgan fingerprint density at radius 1 is 0.535 bits per heavy atom. The van der Waals surface area contributed by atoms with Gasteiger partial charge in [-0.2, -0.15) is 0 Å². The molecule has 4 heteroatoms. The number of carbonyl (C=O) groups is 1. The Kier molecular flexibility index (Phi) is 34.0. The van der Waals surface area contributed by atoms with E-state index in [1.165, 1.54) is 135 Å². The van der Waals surface area contributed by atoms with E-state index < -0.39 is 12.1 Å². The summed E-state index contributed by atoms with van der Waals surface area (Å²) in [6.07, 6.45) is 45.2. The zero-order valence-corrected chi connectivity index (χ0v) is 28.7. The highest BCUT2D eigenvalue weighted by Crippen LogP contribution is 2.13. The van der Waals surface area contributed by atoms with Crippen LogP contribution in [0.2, 0.25) is 0 Å². The molecule has 0 rings (SSSR count). The molecule has 0 spiro atoms. The average Bonchev–Trinajstić information content (AvgIpc) is 3.01. The molecule has 43 heavy (non-hydrogen) atoms. The van der Waals surface area contributed by atoms with Gasteiger partial charge in [0.15, 0.2) is 0 Å². The zero-order chi connectivity index (χ0) is 31.5. The number of carbonyl (C=O) groups excluding carboxylic acids is 1. The van der Waals surface area contributed by atoms with Crippen molar-refractivity contribution in [2.45, 2.75) is 199 Å². The fourth-order valence-corrected chi connectivity index (χ4v) is 5.42. The van der Waals surface area contributed by atoms with Crippen molar-refractivity contribution in [3.8, 4) is 0 Å². The van der Waals surface area contributed by atoms with Crippen molar-refractivity contribution in [1.29, 1.82) is 0 Å². The van der Waals surface area contributed by atoms with Gasteiger partial charge >= 0.3 is 0 Å². The topological polar surface area (TPSA) is 69.6 Å². The molecule has 3 N–H and O–H groups in total. The van der Waals surface area contributed by atoms with Gasteiger partial charge in [-0.15, -0.1) is 0 Å². The lowest BCUT2D eigenvalue weighted by Crippen LogP contribution is -2.45. The van der Waals surface area contributed by atoms with Gasteiger partial charge in [0.2, 0.25) is 5.91 Å². The third-order valence-electron chi connectivity index (χ3n) is 8.35. The molecule has 1 amide bonds. The first kappa shape index (κ1) is 41.6. The number of unbranched alkanes of at least 4 members (excludes halogenated alkanes) is 22. The van der Waals surface area contributed by atoms with E-state index in [1.807, 2.05) is 6.08 Å². The molecule has 0 radical (unpaired) electrons. The van der Waals surface area contributed by atoms with Crippen LogP contribution in [0, 0.1) is 0 Å². The number of amides is 1. The normalized spacial score (nSPS) is 13.5. The van der Waals surface area contributed by atoms with Crippen molar-refractivity contribution < 1.29 is 15.0 Å². The van der Waals surface area contributed by atoms with Gasteiger partial charge in [-0.3, -0.25) is 4.79 Å². The largest absolute Gasteiger partial charge is 0.394 e. The fraction of sp³-hybridized carbons (Fsp3) is 0.821. The molecule has 252 valence electrons. The van der Waals surface area contributed by atoms with Gasteiger partial charge < -0.3 is 15.5 Å². The second kappa shape index (κ2) is 35.1. The Balaban J connectivity index is 3.63. The summed E-state index contributed by atoms with van der Waals surface area (Å²) in [4.78, 5) is 12.3. The average molecular weight is 604 g/mol. The van der Waals surface area contributed by atoms with Crippen LogP contribution in [-0.2, 0) is 4.79 Å². The predicted octanol–water partition coefficient (Wildman–Crippen LogP) is 11.1. The van der Waals surface area contributed by atoms with Crippen LogP contribution in [0.5, 0.6) is 0 Å². The van der Waals surface area contributed by atoms with Crippen molar-refractivity contribution in [3.63, 3.8) is 0 Å². The lowest BCUT2D eigenvalue weighted by Gasteiger charge is -2.19. The summed E-state index contributed by atoms with van der Waals surface area (Å²) in [5.41, 5.74) is 0. The van der Waals surface area contributed by atoms with E-state index in [9.17, 15) is 15.0 Å². The van der Waals surface area contributed by atoms with E-state index in [0.29, 0.717) is 6.42 Å². The van der Waals surface area contributed by atoms with Crippen molar-refractivity contribution in [2.24, 2.45) is 0 Å². The molecule has 0 aromatic rings. The lowest BCUT2D eigenvalue weighted by atomic mass is 10.0. The SMILES string of the molecule is CCCCCCCC/C=C/CC/C=C/[C@@H](O)[C@H](CO)NC(=O)CCCCCCCCCCC/C=C/CCCCCCCC. The molecule has 0 aromatic heterocycles. The van der Waals surface area contributed by atoms with Gasteiger partial charge in [0.05, 0.1) is 18.8 Å². The molecule has 0 aliphatic carbocycles. The van der Waals surface area contributed by atoms with E-state index in [0.717, 1.165) is 32.1 Å². The number of allylic oxidation sites excluding steroid dienone is 5. The number of aliphatic hydroxyl groups excluding tert-OH is 2. The van der Waals surface area contributed by atoms with Gasteiger partial charge in [-0.25, -0.2) is 0 Å².